The number of carbonyl (C=O) groups excluding carboxylic acids is 1. The van der Waals surface area contributed by atoms with Crippen molar-refractivity contribution in [2.45, 2.75) is 48.3 Å². The van der Waals surface area contributed by atoms with Crippen LogP contribution in [0.5, 0.6) is 5.75 Å². The lowest BCUT2D eigenvalue weighted by Crippen LogP contribution is -2.38. The summed E-state index contributed by atoms with van der Waals surface area (Å²) >= 11 is 0. The van der Waals surface area contributed by atoms with Crippen LogP contribution in [0.25, 0.3) is 0 Å². The fourth-order valence-electron chi connectivity index (χ4n) is 5.46. The lowest BCUT2D eigenvalue weighted by atomic mass is 9.95. The fraction of sp³-hybridized carbons (Fsp3) is 0.184. The maximum absolute atomic E-state index is 13.9. The number of hydrogen-bond acceptors (Lipinski definition) is 6. The number of hydrogen-bond donors (Lipinski definition) is 3. The molecule has 0 saturated heterocycles. The summed E-state index contributed by atoms with van der Waals surface area (Å²) in [5, 5.41) is 14.5. The molecular formula is C38H37FN2O5S. The zero-order valence-electron chi connectivity index (χ0n) is 26.0. The highest BCUT2D eigenvalue weighted by atomic mass is 32.2. The van der Waals surface area contributed by atoms with Crippen molar-refractivity contribution in [1.29, 1.82) is 0 Å². The van der Waals surface area contributed by atoms with Crippen molar-refractivity contribution in [2.75, 3.05) is 6.54 Å². The summed E-state index contributed by atoms with van der Waals surface area (Å²) in [6, 6.07) is 34.0. The number of nitrogens with two attached hydrogens (primary N) is 1. The lowest BCUT2D eigenvalue weighted by Gasteiger charge is -2.25. The van der Waals surface area contributed by atoms with Gasteiger partial charge in [-0.3, -0.25) is 4.79 Å². The summed E-state index contributed by atoms with van der Waals surface area (Å²) in [5.74, 6) is -0.955. The van der Waals surface area contributed by atoms with Crippen LogP contribution < -0.4 is 15.8 Å². The predicted molar refractivity (Wildman–Crippen MR) is 179 cm³/mol. The Morgan fingerprint density at radius 1 is 0.830 bits per heavy atom. The van der Waals surface area contributed by atoms with E-state index in [2.05, 4.69) is 5.32 Å². The molecule has 0 aliphatic heterocycles. The number of halogens is 1. The zero-order valence-corrected chi connectivity index (χ0v) is 26.8. The summed E-state index contributed by atoms with van der Waals surface area (Å²) in [7, 11) is -3.97. The first-order valence-electron chi connectivity index (χ1n) is 15.3. The van der Waals surface area contributed by atoms with Gasteiger partial charge in [-0.05, 0) is 90.5 Å². The van der Waals surface area contributed by atoms with Crippen LogP contribution in [0.3, 0.4) is 0 Å². The first kappa shape index (κ1) is 33.5. The average Bonchev–Trinajstić information content (AvgIpc) is 3.07. The van der Waals surface area contributed by atoms with Crippen LogP contribution in [0.2, 0.25) is 0 Å². The number of rotatable bonds is 14. The molecule has 242 valence electrons. The van der Waals surface area contributed by atoms with Gasteiger partial charge in [0.2, 0.25) is 9.84 Å². The van der Waals surface area contributed by atoms with Gasteiger partial charge in [0.1, 0.15) is 18.2 Å². The summed E-state index contributed by atoms with van der Waals surface area (Å²) in [6.45, 7) is 2.36. The molecule has 4 N–H and O–H groups in total. The first-order chi connectivity index (χ1) is 22.6. The van der Waals surface area contributed by atoms with Gasteiger partial charge in [0.25, 0.3) is 5.91 Å². The molecule has 0 aliphatic rings. The third-order valence-electron chi connectivity index (χ3n) is 7.97. The molecule has 0 saturated carbocycles. The van der Waals surface area contributed by atoms with E-state index in [0.29, 0.717) is 30.5 Å². The average molecular weight is 653 g/mol. The minimum absolute atomic E-state index is 0.00677. The van der Waals surface area contributed by atoms with Crippen LogP contribution in [-0.4, -0.2) is 32.0 Å². The normalized spacial score (nSPS) is 12.7. The van der Waals surface area contributed by atoms with Gasteiger partial charge in [-0.25, -0.2) is 12.8 Å². The molecule has 47 heavy (non-hydrogen) atoms. The highest BCUT2D eigenvalue weighted by Gasteiger charge is 2.24. The number of nitrogens with one attached hydrogen (secondary N) is 1. The number of primary amides is 1. The first-order valence-corrected chi connectivity index (χ1v) is 16.8. The maximum atomic E-state index is 13.9. The van der Waals surface area contributed by atoms with Crippen LogP contribution in [0.1, 0.15) is 44.3 Å². The van der Waals surface area contributed by atoms with Crippen molar-refractivity contribution >= 4 is 15.7 Å². The summed E-state index contributed by atoms with van der Waals surface area (Å²) in [6.07, 6.45) is 0.139. The number of benzene rings is 5. The summed E-state index contributed by atoms with van der Waals surface area (Å²) in [5.41, 5.74) is 9.40. The van der Waals surface area contributed by atoms with Gasteiger partial charge >= 0.3 is 0 Å². The van der Waals surface area contributed by atoms with Gasteiger partial charge in [-0.15, -0.1) is 0 Å². The fourth-order valence-corrected chi connectivity index (χ4v) is 6.83. The third-order valence-corrected chi connectivity index (χ3v) is 9.72. The number of ether oxygens (including phenoxy) is 1. The van der Waals surface area contributed by atoms with Crippen LogP contribution in [0.4, 0.5) is 4.39 Å². The van der Waals surface area contributed by atoms with E-state index in [1.807, 2.05) is 60.7 Å². The van der Waals surface area contributed by atoms with Gasteiger partial charge in [-0.1, -0.05) is 84.9 Å². The molecule has 0 bridgehead atoms. The molecule has 1 amide bonds. The third kappa shape index (κ3) is 8.51. The Morgan fingerprint density at radius 2 is 1.49 bits per heavy atom. The van der Waals surface area contributed by atoms with E-state index in [0.717, 1.165) is 16.7 Å². The Bertz CT molecular complexity index is 1920. The molecule has 0 radical (unpaired) electrons. The lowest BCUT2D eigenvalue weighted by molar-refractivity contribution is 0.0995. The Hall–Kier alpha value is -4.83. The van der Waals surface area contributed by atoms with Crippen molar-refractivity contribution in [2.24, 2.45) is 5.73 Å². The molecule has 0 aromatic heterocycles. The number of amides is 1. The van der Waals surface area contributed by atoms with Crippen LogP contribution in [0, 0.1) is 12.7 Å². The number of aryl methyl sites for hydroxylation is 1. The van der Waals surface area contributed by atoms with Crippen molar-refractivity contribution in [3.05, 3.63) is 161 Å². The van der Waals surface area contributed by atoms with E-state index < -0.39 is 27.7 Å². The number of carbonyl (C=O) groups is 1. The number of sulfone groups is 1. The Labute approximate surface area is 274 Å². The minimum atomic E-state index is -3.97. The van der Waals surface area contributed by atoms with Crippen molar-refractivity contribution in [3.8, 4) is 5.75 Å². The second kappa shape index (κ2) is 15.2. The maximum Gasteiger partial charge on any atom is 0.252 e. The molecule has 5 aromatic carbocycles. The minimum Gasteiger partial charge on any atom is -0.488 e. The molecule has 0 aliphatic carbocycles. The molecule has 7 nitrogen and oxygen atoms in total. The Balaban J connectivity index is 1.28. The monoisotopic (exact) mass is 652 g/mol. The second-order valence-corrected chi connectivity index (χ2v) is 13.4. The molecule has 5 aromatic rings. The molecule has 0 spiro atoms. The second-order valence-electron chi connectivity index (χ2n) is 11.4. The van der Waals surface area contributed by atoms with Crippen molar-refractivity contribution in [1.82, 2.24) is 5.32 Å². The van der Waals surface area contributed by atoms with E-state index in [9.17, 15) is 22.7 Å². The van der Waals surface area contributed by atoms with Crippen molar-refractivity contribution < 1.29 is 27.4 Å². The van der Waals surface area contributed by atoms with E-state index in [1.54, 1.807) is 31.2 Å². The summed E-state index contributed by atoms with van der Waals surface area (Å²) in [4.78, 5) is 12.4. The molecule has 2 atom stereocenters. The van der Waals surface area contributed by atoms with E-state index in [1.165, 1.54) is 36.4 Å². The summed E-state index contributed by atoms with van der Waals surface area (Å²) < 4.78 is 47.0. The largest absolute Gasteiger partial charge is 0.488 e. The highest BCUT2D eigenvalue weighted by Crippen LogP contribution is 2.31. The van der Waals surface area contributed by atoms with Crippen LogP contribution >= 0.6 is 0 Å². The van der Waals surface area contributed by atoms with Gasteiger partial charge in [0, 0.05) is 6.04 Å². The van der Waals surface area contributed by atoms with E-state index in [-0.39, 0.29) is 33.8 Å². The van der Waals surface area contributed by atoms with E-state index in [4.69, 9.17) is 10.5 Å². The van der Waals surface area contributed by atoms with Gasteiger partial charge in [0.05, 0.1) is 21.5 Å². The van der Waals surface area contributed by atoms with Gasteiger partial charge in [-0.2, -0.15) is 0 Å². The molecule has 0 fully saturated rings. The topological polar surface area (TPSA) is 119 Å². The highest BCUT2D eigenvalue weighted by molar-refractivity contribution is 7.91. The van der Waals surface area contributed by atoms with Crippen LogP contribution in [0.15, 0.2) is 131 Å². The Morgan fingerprint density at radius 3 is 2.13 bits per heavy atom. The van der Waals surface area contributed by atoms with Gasteiger partial charge in [0.15, 0.2) is 0 Å². The van der Waals surface area contributed by atoms with Crippen molar-refractivity contribution in [3.63, 3.8) is 0 Å². The number of aliphatic hydroxyl groups excluding tert-OH is 1. The standard InChI is InChI=1S/C38H37FN2O5S/c1-26-21-33(24-34(38(40)43)37(26)46-25-29-11-6-3-7-12-29)47(44,45)32-17-15-27(16-18-32)19-20-41-35(22-28-9-4-2-5-10-28)36(42)30-13-8-14-31(39)23-30/h2-18,21,23-24,35-36,41-42H,19-20,22,25H2,1H3,(H2,40,43)/t35?,36-/m1/s1. The quantitative estimate of drug-likeness (QED) is 0.133. The molecular weight excluding hydrogens is 615 g/mol. The molecule has 9 heteroatoms. The number of aliphatic hydroxyl groups is 1. The van der Waals surface area contributed by atoms with Gasteiger partial charge < -0.3 is 20.9 Å². The smallest absolute Gasteiger partial charge is 0.252 e. The SMILES string of the molecule is Cc1cc(S(=O)(=O)c2ccc(CCNC(Cc3ccccc3)[C@H](O)c3cccc(F)c3)cc2)cc(C(N)=O)c1OCc1ccccc1. The zero-order chi connectivity index (χ0) is 33.4. The predicted octanol–water partition coefficient (Wildman–Crippen LogP) is 6.12. The Kier molecular flexibility index (Phi) is 10.8. The van der Waals surface area contributed by atoms with Crippen LogP contribution in [-0.2, 0) is 29.3 Å². The molecule has 0 heterocycles. The molecule has 5 rings (SSSR count). The van der Waals surface area contributed by atoms with E-state index >= 15 is 0 Å². The molecule has 1 unspecified atom stereocenters.